The van der Waals surface area contributed by atoms with Crippen LogP contribution in [0.25, 0.3) is 0 Å². The van der Waals surface area contributed by atoms with Crippen LogP contribution in [0.3, 0.4) is 0 Å². The zero-order chi connectivity index (χ0) is 22.9. The van der Waals surface area contributed by atoms with Crippen LogP contribution in [-0.2, 0) is 22.0 Å². The van der Waals surface area contributed by atoms with Crippen molar-refractivity contribution in [1.29, 1.82) is 0 Å². The van der Waals surface area contributed by atoms with E-state index in [-0.39, 0.29) is 11.9 Å². The zero-order valence-electron chi connectivity index (χ0n) is 18.1. The molecule has 1 unspecified atom stereocenters. The molecule has 1 atom stereocenters. The highest BCUT2D eigenvalue weighted by atomic mass is 32.2. The van der Waals surface area contributed by atoms with E-state index in [9.17, 15) is 17.9 Å². The minimum atomic E-state index is -3.57. The summed E-state index contributed by atoms with van der Waals surface area (Å²) in [6.07, 6.45) is 0.515. The molecule has 0 bridgehead atoms. The Morgan fingerprint density at radius 2 is 1.84 bits per heavy atom. The third-order valence-corrected chi connectivity index (χ3v) is 9.04. The molecular weight excluding hydrogens is 447 g/mol. The fraction of sp³-hybridized carbons (Fsp3) is 0.333. The maximum atomic E-state index is 13.8. The smallest absolute Gasteiger partial charge is 0.252 e. The van der Waals surface area contributed by atoms with Gasteiger partial charge in [-0.05, 0) is 67.1 Å². The van der Waals surface area contributed by atoms with Crippen molar-refractivity contribution >= 4 is 27.0 Å². The van der Waals surface area contributed by atoms with E-state index >= 15 is 0 Å². The lowest BCUT2D eigenvalue weighted by Gasteiger charge is -2.42. The third kappa shape index (κ3) is 4.88. The van der Waals surface area contributed by atoms with E-state index in [4.69, 9.17) is 0 Å². The van der Waals surface area contributed by atoms with Crippen LogP contribution in [0.1, 0.15) is 25.0 Å². The van der Waals surface area contributed by atoms with Crippen molar-refractivity contribution in [3.05, 3.63) is 83.0 Å². The van der Waals surface area contributed by atoms with Crippen LogP contribution in [0.4, 0.5) is 10.1 Å². The fourth-order valence-electron chi connectivity index (χ4n) is 4.09. The molecule has 1 aliphatic rings. The summed E-state index contributed by atoms with van der Waals surface area (Å²) in [6, 6.07) is 17.4. The van der Waals surface area contributed by atoms with Gasteiger partial charge in [0.05, 0.1) is 5.60 Å². The first-order valence-electron chi connectivity index (χ1n) is 10.5. The quantitative estimate of drug-likeness (QED) is 0.581. The Morgan fingerprint density at radius 3 is 2.47 bits per heavy atom. The Balaban J connectivity index is 1.63. The van der Waals surface area contributed by atoms with Crippen LogP contribution in [0.5, 0.6) is 0 Å². The summed E-state index contributed by atoms with van der Waals surface area (Å²) in [5, 5.41) is 12.0. The van der Waals surface area contributed by atoms with Crippen LogP contribution in [0.2, 0.25) is 0 Å². The largest absolute Gasteiger partial charge is 0.386 e. The van der Waals surface area contributed by atoms with Crippen molar-refractivity contribution in [3.8, 4) is 0 Å². The number of anilines is 1. The second kappa shape index (κ2) is 8.94. The number of nitrogens with zero attached hydrogens (tertiary/aromatic N) is 2. The molecule has 0 spiro atoms. The molecule has 170 valence electrons. The molecule has 0 aliphatic carbocycles. The van der Waals surface area contributed by atoms with Crippen molar-refractivity contribution in [1.82, 2.24) is 4.31 Å². The Morgan fingerprint density at radius 1 is 1.09 bits per heavy atom. The van der Waals surface area contributed by atoms with Crippen LogP contribution in [-0.4, -0.2) is 43.5 Å². The summed E-state index contributed by atoms with van der Waals surface area (Å²) in [5.74, 6) is -0.303. The lowest BCUT2D eigenvalue weighted by atomic mass is 9.97. The molecule has 1 saturated heterocycles. The van der Waals surface area contributed by atoms with E-state index < -0.39 is 15.6 Å². The first-order valence-corrected chi connectivity index (χ1v) is 12.8. The Kier molecular flexibility index (Phi) is 6.40. The van der Waals surface area contributed by atoms with E-state index in [1.165, 1.54) is 27.8 Å². The molecule has 1 N–H and O–H groups in total. The maximum absolute atomic E-state index is 13.8. The lowest BCUT2D eigenvalue weighted by Crippen LogP contribution is -2.55. The van der Waals surface area contributed by atoms with Gasteiger partial charge in [0, 0.05) is 31.4 Å². The third-order valence-electron chi connectivity index (χ3n) is 5.80. The van der Waals surface area contributed by atoms with Gasteiger partial charge < -0.3 is 10.0 Å². The number of rotatable bonds is 6. The highest BCUT2D eigenvalue weighted by Crippen LogP contribution is 2.29. The van der Waals surface area contributed by atoms with E-state index in [1.807, 2.05) is 30.3 Å². The predicted octanol–water partition coefficient (Wildman–Crippen LogP) is 4.24. The molecule has 1 fully saturated rings. The van der Waals surface area contributed by atoms with E-state index in [2.05, 4.69) is 4.90 Å². The van der Waals surface area contributed by atoms with Crippen molar-refractivity contribution in [2.45, 2.75) is 36.1 Å². The normalized spacial score (nSPS) is 18.1. The standard InChI is InChI=1S/C24H27FN2O3S2/c1-24(2,28)19-8-10-21(11-9-19)27-13-12-26(32(29,30)23-7-4-14-31-23)17-22(27)16-18-5-3-6-20(25)15-18/h3-11,14-15,22,28H,12-13,16-17H2,1-2H3. The van der Waals surface area contributed by atoms with Gasteiger partial charge in [-0.15, -0.1) is 11.3 Å². The molecule has 0 amide bonds. The summed E-state index contributed by atoms with van der Waals surface area (Å²) in [4.78, 5) is 2.18. The van der Waals surface area contributed by atoms with Gasteiger partial charge in [0.2, 0.25) is 0 Å². The van der Waals surface area contributed by atoms with E-state index in [0.717, 1.165) is 16.8 Å². The van der Waals surface area contributed by atoms with Gasteiger partial charge in [-0.3, -0.25) is 0 Å². The van der Waals surface area contributed by atoms with Gasteiger partial charge in [0.25, 0.3) is 10.0 Å². The molecule has 8 heteroatoms. The highest BCUT2D eigenvalue weighted by Gasteiger charge is 2.35. The van der Waals surface area contributed by atoms with Gasteiger partial charge in [-0.25, -0.2) is 12.8 Å². The minimum absolute atomic E-state index is 0.159. The van der Waals surface area contributed by atoms with Gasteiger partial charge >= 0.3 is 0 Å². The molecule has 3 aromatic rings. The topological polar surface area (TPSA) is 60.9 Å². The Labute approximate surface area is 192 Å². The Hall–Kier alpha value is -2.26. The number of sulfonamides is 1. The Bertz CT molecular complexity index is 1160. The van der Waals surface area contributed by atoms with Crippen molar-refractivity contribution in [2.75, 3.05) is 24.5 Å². The lowest BCUT2D eigenvalue weighted by molar-refractivity contribution is 0.0786. The van der Waals surface area contributed by atoms with Crippen molar-refractivity contribution in [2.24, 2.45) is 0 Å². The number of halogens is 1. The highest BCUT2D eigenvalue weighted by molar-refractivity contribution is 7.91. The number of thiophene rings is 1. The van der Waals surface area contributed by atoms with Crippen LogP contribution in [0, 0.1) is 5.82 Å². The summed E-state index contributed by atoms with van der Waals surface area (Å²) in [6.45, 7) is 4.68. The van der Waals surface area contributed by atoms with Gasteiger partial charge in [0.1, 0.15) is 10.0 Å². The van der Waals surface area contributed by atoms with Crippen molar-refractivity contribution in [3.63, 3.8) is 0 Å². The number of aliphatic hydroxyl groups is 1. The number of benzene rings is 2. The van der Waals surface area contributed by atoms with E-state index in [0.29, 0.717) is 30.3 Å². The van der Waals surface area contributed by atoms with E-state index in [1.54, 1.807) is 37.4 Å². The molecule has 0 saturated carbocycles. The summed E-state index contributed by atoms with van der Waals surface area (Å²) < 4.78 is 41.9. The predicted molar refractivity (Wildman–Crippen MR) is 126 cm³/mol. The number of piperazine rings is 1. The summed E-state index contributed by atoms with van der Waals surface area (Å²) in [7, 11) is -3.57. The molecule has 32 heavy (non-hydrogen) atoms. The van der Waals surface area contributed by atoms with Crippen LogP contribution < -0.4 is 4.90 Å². The minimum Gasteiger partial charge on any atom is -0.386 e. The average Bonchev–Trinajstić information content (AvgIpc) is 3.29. The SMILES string of the molecule is CC(C)(O)c1ccc(N2CCN(S(=O)(=O)c3cccs3)CC2Cc2cccc(F)c2)cc1. The molecule has 5 nitrogen and oxygen atoms in total. The average molecular weight is 475 g/mol. The molecule has 0 radical (unpaired) electrons. The van der Waals surface area contributed by atoms with Gasteiger partial charge in [0.15, 0.2) is 0 Å². The second-order valence-corrected chi connectivity index (χ2v) is 11.7. The monoisotopic (exact) mass is 474 g/mol. The maximum Gasteiger partial charge on any atom is 0.252 e. The van der Waals surface area contributed by atoms with Crippen LogP contribution in [0.15, 0.2) is 70.3 Å². The molecular formula is C24H27FN2O3S2. The first kappa shape index (κ1) is 22.9. The zero-order valence-corrected chi connectivity index (χ0v) is 19.7. The summed E-state index contributed by atoms with van der Waals surface area (Å²) >= 11 is 1.22. The molecule has 2 heterocycles. The molecule has 2 aromatic carbocycles. The molecule has 1 aliphatic heterocycles. The van der Waals surface area contributed by atoms with Gasteiger partial charge in [-0.2, -0.15) is 4.31 Å². The fourth-order valence-corrected chi connectivity index (χ4v) is 6.71. The molecule has 1 aromatic heterocycles. The molecule has 4 rings (SSSR count). The number of hydrogen-bond donors (Lipinski definition) is 1. The van der Waals surface area contributed by atoms with Crippen LogP contribution >= 0.6 is 11.3 Å². The number of hydrogen-bond acceptors (Lipinski definition) is 5. The first-order chi connectivity index (χ1) is 15.1. The summed E-state index contributed by atoms with van der Waals surface area (Å²) in [5.41, 5.74) is 1.64. The van der Waals surface area contributed by atoms with Gasteiger partial charge in [-0.1, -0.05) is 30.3 Å². The van der Waals surface area contributed by atoms with Crippen molar-refractivity contribution < 1.29 is 17.9 Å². The second-order valence-electron chi connectivity index (χ2n) is 8.58.